The van der Waals surface area contributed by atoms with Gasteiger partial charge in [0, 0.05) is 9.75 Å². The molecule has 0 saturated carbocycles. The summed E-state index contributed by atoms with van der Waals surface area (Å²) in [4.78, 5) is 2.68. The number of aryl methyl sites for hydroxylation is 1. The smallest absolute Gasteiger partial charge is 0.101 e. The van der Waals surface area contributed by atoms with Crippen molar-refractivity contribution in [2.45, 2.75) is 26.0 Å². The zero-order valence-electron chi connectivity index (χ0n) is 9.86. The van der Waals surface area contributed by atoms with Crippen LogP contribution in [0.1, 0.15) is 22.7 Å². The number of hydrogen-bond donors (Lipinski definition) is 1. The van der Waals surface area contributed by atoms with Crippen molar-refractivity contribution < 1.29 is 9.47 Å². The van der Waals surface area contributed by atoms with E-state index >= 15 is 0 Å². The molecule has 0 radical (unpaired) electrons. The highest BCUT2D eigenvalue weighted by molar-refractivity contribution is 7.12. The van der Waals surface area contributed by atoms with Crippen LogP contribution in [0.5, 0.6) is 0 Å². The highest BCUT2D eigenvalue weighted by atomic mass is 32.1. The van der Waals surface area contributed by atoms with Crippen LogP contribution in [0.25, 0.3) is 0 Å². The summed E-state index contributed by atoms with van der Waals surface area (Å²) in [6, 6.07) is 4.61. The molecule has 1 aromatic rings. The SMILES string of the molecule is CCNC(c1ccc(C)s1)C1COCCO1. The molecule has 4 heteroatoms. The first-order valence-electron chi connectivity index (χ1n) is 5.80. The Morgan fingerprint density at radius 3 is 2.94 bits per heavy atom. The van der Waals surface area contributed by atoms with Gasteiger partial charge in [0.05, 0.1) is 25.9 Å². The molecule has 1 aliphatic rings. The maximum Gasteiger partial charge on any atom is 0.101 e. The van der Waals surface area contributed by atoms with Gasteiger partial charge in [0.25, 0.3) is 0 Å². The number of rotatable bonds is 4. The normalized spacial score (nSPS) is 23.2. The molecule has 3 nitrogen and oxygen atoms in total. The maximum absolute atomic E-state index is 5.78. The molecule has 16 heavy (non-hydrogen) atoms. The second-order valence-corrected chi connectivity index (χ2v) is 5.29. The molecule has 2 rings (SSSR count). The van der Waals surface area contributed by atoms with Crippen LogP contribution in [0, 0.1) is 6.92 Å². The number of ether oxygens (including phenoxy) is 2. The van der Waals surface area contributed by atoms with Gasteiger partial charge in [-0.25, -0.2) is 0 Å². The standard InChI is InChI=1S/C12H19NO2S/c1-3-13-12(10-8-14-6-7-15-10)11-5-4-9(2)16-11/h4-5,10,12-13H,3,6-8H2,1-2H3. The van der Waals surface area contributed by atoms with E-state index in [9.17, 15) is 0 Å². The van der Waals surface area contributed by atoms with Gasteiger partial charge in [-0.2, -0.15) is 0 Å². The summed E-state index contributed by atoms with van der Waals surface area (Å²) in [7, 11) is 0. The first kappa shape index (κ1) is 12.0. The fourth-order valence-electron chi connectivity index (χ4n) is 1.95. The summed E-state index contributed by atoms with van der Waals surface area (Å²) in [5.41, 5.74) is 0. The highest BCUT2D eigenvalue weighted by Crippen LogP contribution is 2.27. The topological polar surface area (TPSA) is 30.5 Å². The molecule has 0 spiro atoms. The van der Waals surface area contributed by atoms with Gasteiger partial charge in [0.15, 0.2) is 0 Å². The van der Waals surface area contributed by atoms with Crippen LogP contribution in [-0.2, 0) is 9.47 Å². The third kappa shape index (κ3) is 2.83. The number of likely N-dealkylation sites (N-methyl/N-ethyl adjacent to an activating group) is 1. The van der Waals surface area contributed by atoms with E-state index < -0.39 is 0 Å². The molecule has 0 bridgehead atoms. The maximum atomic E-state index is 5.78. The minimum absolute atomic E-state index is 0.145. The number of hydrogen-bond acceptors (Lipinski definition) is 4. The Morgan fingerprint density at radius 1 is 1.50 bits per heavy atom. The van der Waals surface area contributed by atoms with E-state index in [1.165, 1.54) is 9.75 Å². The second-order valence-electron chi connectivity index (χ2n) is 3.97. The molecule has 0 aliphatic carbocycles. The fraction of sp³-hybridized carbons (Fsp3) is 0.667. The average Bonchev–Trinajstić information content (AvgIpc) is 2.74. The highest BCUT2D eigenvalue weighted by Gasteiger charge is 2.26. The summed E-state index contributed by atoms with van der Waals surface area (Å²) in [5, 5.41) is 3.49. The van der Waals surface area contributed by atoms with Crippen molar-refractivity contribution in [3.8, 4) is 0 Å². The average molecular weight is 241 g/mol. The summed E-state index contributed by atoms with van der Waals surface area (Å²) < 4.78 is 11.3. The fourth-order valence-corrected chi connectivity index (χ4v) is 2.96. The van der Waals surface area contributed by atoms with Crippen molar-refractivity contribution in [3.63, 3.8) is 0 Å². The molecule has 0 aromatic carbocycles. The lowest BCUT2D eigenvalue weighted by molar-refractivity contribution is -0.102. The molecule has 0 amide bonds. The van der Waals surface area contributed by atoms with E-state index in [0.717, 1.165) is 13.2 Å². The van der Waals surface area contributed by atoms with Crippen LogP contribution in [0.2, 0.25) is 0 Å². The van der Waals surface area contributed by atoms with Crippen LogP contribution < -0.4 is 5.32 Å². The first-order valence-corrected chi connectivity index (χ1v) is 6.62. The predicted molar refractivity (Wildman–Crippen MR) is 66.0 cm³/mol. The zero-order valence-corrected chi connectivity index (χ0v) is 10.7. The Kier molecular flexibility index (Phi) is 4.35. The van der Waals surface area contributed by atoms with Crippen LogP contribution in [-0.4, -0.2) is 32.5 Å². The van der Waals surface area contributed by atoms with Crippen molar-refractivity contribution >= 4 is 11.3 Å². The minimum atomic E-state index is 0.145. The largest absolute Gasteiger partial charge is 0.376 e. The van der Waals surface area contributed by atoms with Crippen LogP contribution in [0.15, 0.2) is 12.1 Å². The Hall–Kier alpha value is -0.420. The molecule has 2 atom stereocenters. The van der Waals surface area contributed by atoms with E-state index in [2.05, 4.69) is 31.3 Å². The van der Waals surface area contributed by atoms with E-state index in [0.29, 0.717) is 13.2 Å². The quantitative estimate of drug-likeness (QED) is 0.876. The van der Waals surface area contributed by atoms with Crippen LogP contribution in [0.3, 0.4) is 0 Å². The Balaban J connectivity index is 2.09. The molecule has 1 saturated heterocycles. The summed E-state index contributed by atoms with van der Waals surface area (Å²) >= 11 is 1.83. The lowest BCUT2D eigenvalue weighted by Crippen LogP contribution is -2.40. The minimum Gasteiger partial charge on any atom is -0.376 e. The van der Waals surface area contributed by atoms with E-state index in [1.54, 1.807) is 0 Å². The molecule has 2 heterocycles. The van der Waals surface area contributed by atoms with Gasteiger partial charge in [-0.05, 0) is 25.6 Å². The zero-order chi connectivity index (χ0) is 11.4. The molecule has 1 N–H and O–H groups in total. The van der Waals surface area contributed by atoms with Gasteiger partial charge < -0.3 is 14.8 Å². The molecule has 1 fully saturated rings. The number of nitrogens with one attached hydrogen (secondary N) is 1. The van der Waals surface area contributed by atoms with Gasteiger partial charge in [-0.3, -0.25) is 0 Å². The van der Waals surface area contributed by atoms with Crippen molar-refractivity contribution in [1.29, 1.82) is 0 Å². The van der Waals surface area contributed by atoms with E-state index in [-0.39, 0.29) is 12.1 Å². The molecule has 1 aliphatic heterocycles. The predicted octanol–water partition coefficient (Wildman–Crippen LogP) is 2.12. The van der Waals surface area contributed by atoms with Gasteiger partial charge in [-0.1, -0.05) is 6.92 Å². The van der Waals surface area contributed by atoms with Crippen molar-refractivity contribution in [1.82, 2.24) is 5.32 Å². The first-order chi connectivity index (χ1) is 7.81. The number of thiophene rings is 1. The van der Waals surface area contributed by atoms with Crippen molar-refractivity contribution in [2.75, 3.05) is 26.4 Å². The monoisotopic (exact) mass is 241 g/mol. The van der Waals surface area contributed by atoms with Crippen molar-refractivity contribution in [3.05, 3.63) is 21.9 Å². The Labute approximate surface area is 101 Å². The van der Waals surface area contributed by atoms with Crippen molar-refractivity contribution in [2.24, 2.45) is 0 Å². The Morgan fingerprint density at radius 2 is 2.38 bits per heavy atom. The second kappa shape index (κ2) is 5.77. The Bertz CT molecular complexity index is 321. The molecular weight excluding hydrogens is 222 g/mol. The summed E-state index contributed by atoms with van der Waals surface area (Å²) in [5.74, 6) is 0. The summed E-state index contributed by atoms with van der Waals surface area (Å²) in [6.45, 7) is 7.32. The third-order valence-corrected chi connectivity index (χ3v) is 3.79. The van der Waals surface area contributed by atoms with Gasteiger partial charge in [0.1, 0.15) is 6.10 Å². The molecule has 2 unspecified atom stereocenters. The van der Waals surface area contributed by atoms with Crippen LogP contribution in [0.4, 0.5) is 0 Å². The lowest BCUT2D eigenvalue weighted by atomic mass is 10.1. The molecule has 90 valence electrons. The van der Waals surface area contributed by atoms with E-state index in [1.807, 2.05) is 11.3 Å². The van der Waals surface area contributed by atoms with Gasteiger partial charge in [-0.15, -0.1) is 11.3 Å². The van der Waals surface area contributed by atoms with Crippen LogP contribution >= 0.6 is 11.3 Å². The van der Waals surface area contributed by atoms with Gasteiger partial charge in [0.2, 0.25) is 0 Å². The van der Waals surface area contributed by atoms with E-state index in [4.69, 9.17) is 9.47 Å². The molecular formula is C12H19NO2S. The summed E-state index contributed by atoms with van der Waals surface area (Å²) in [6.07, 6.45) is 0.145. The molecule has 1 aromatic heterocycles. The van der Waals surface area contributed by atoms with Gasteiger partial charge >= 0.3 is 0 Å². The lowest BCUT2D eigenvalue weighted by Gasteiger charge is -2.30. The third-order valence-electron chi connectivity index (χ3n) is 2.71.